The lowest BCUT2D eigenvalue weighted by Crippen LogP contribution is -2.12. The molecule has 0 spiro atoms. The van der Waals surface area contributed by atoms with Gasteiger partial charge in [0.25, 0.3) is 0 Å². The predicted molar refractivity (Wildman–Crippen MR) is 77.0 cm³/mol. The number of benzene rings is 1. The number of hydrogen-bond donors (Lipinski definition) is 1. The molecule has 0 saturated carbocycles. The van der Waals surface area contributed by atoms with E-state index in [1.54, 1.807) is 24.5 Å². The Morgan fingerprint density at radius 3 is 2.53 bits per heavy atom. The first-order valence-corrected chi connectivity index (χ1v) is 6.50. The van der Waals surface area contributed by atoms with Crippen LogP contribution in [0, 0.1) is 0 Å². The number of nitrogens with one attached hydrogen (secondary N) is 1. The second-order valence-corrected chi connectivity index (χ2v) is 4.63. The molecular weight excluding hydrogens is 236 g/mol. The molecule has 0 aliphatic carbocycles. The fraction of sp³-hybridized carbons (Fsp3) is 0.250. The molecule has 1 aromatic heterocycles. The zero-order valence-electron chi connectivity index (χ0n) is 11.0. The monoisotopic (exact) mass is 254 g/mol. The minimum Gasteiger partial charge on any atom is -0.326 e. The summed E-state index contributed by atoms with van der Waals surface area (Å²) in [6.45, 7) is 2.15. The zero-order valence-corrected chi connectivity index (χ0v) is 11.0. The second kappa shape index (κ2) is 6.69. The van der Waals surface area contributed by atoms with Gasteiger partial charge in [-0.1, -0.05) is 37.3 Å². The number of carbonyl (C=O) groups excluding carboxylic acids is 1. The average molecular weight is 254 g/mol. The van der Waals surface area contributed by atoms with Gasteiger partial charge in [-0.15, -0.1) is 0 Å². The van der Waals surface area contributed by atoms with Gasteiger partial charge in [-0.2, -0.15) is 0 Å². The zero-order chi connectivity index (χ0) is 13.5. The first-order chi connectivity index (χ1) is 9.25. The van der Waals surface area contributed by atoms with Crippen LogP contribution in [0.25, 0.3) is 0 Å². The molecule has 0 fully saturated rings. The van der Waals surface area contributed by atoms with Crippen molar-refractivity contribution in [3.05, 3.63) is 60.4 Å². The van der Waals surface area contributed by atoms with Crippen LogP contribution in [0.3, 0.4) is 0 Å². The number of pyridine rings is 1. The number of hydrogen-bond acceptors (Lipinski definition) is 2. The number of aromatic nitrogens is 1. The van der Waals surface area contributed by atoms with E-state index in [1.807, 2.05) is 18.2 Å². The van der Waals surface area contributed by atoms with E-state index >= 15 is 0 Å². The van der Waals surface area contributed by atoms with Crippen LogP contribution in [0.2, 0.25) is 0 Å². The van der Waals surface area contributed by atoms with E-state index in [0.29, 0.717) is 12.3 Å². The van der Waals surface area contributed by atoms with Crippen molar-refractivity contribution in [2.45, 2.75) is 25.7 Å². The molecule has 3 nitrogen and oxygen atoms in total. The van der Waals surface area contributed by atoms with Crippen LogP contribution in [-0.4, -0.2) is 10.9 Å². The Balaban J connectivity index is 1.81. The Morgan fingerprint density at radius 2 is 1.84 bits per heavy atom. The van der Waals surface area contributed by atoms with Gasteiger partial charge in [-0.25, -0.2) is 0 Å². The molecule has 98 valence electrons. The van der Waals surface area contributed by atoms with Crippen LogP contribution in [0.15, 0.2) is 54.9 Å². The van der Waals surface area contributed by atoms with Crippen LogP contribution < -0.4 is 5.32 Å². The summed E-state index contributed by atoms with van der Waals surface area (Å²) in [5, 5.41) is 2.87. The van der Waals surface area contributed by atoms with Gasteiger partial charge in [0, 0.05) is 24.5 Å². The fourth-order valence-electron chi connectivity index (χ4n) is 1.95. The Morgan fingerprint density at radius 1 is 1.16 bits per heavy atom. The van der Waals surface area contributed by atoms with E-state index in [0.717, 1.165) is 12.1 Å². The Bertz CT molecular complexity index is 511. The SMILES string of the molecule is C[C@H](CCC(=O)Nc1ccncc1)c1ccccc1. The van der Waals surface area contributed by atoms with Crippen LogP contribution in [-0.2, 0) is 4.79 Å². The topological polar surface area (TPSA) is 42.0 Å². The molecule has 0 saturated heterocycles. The quantitative estimate of drug-likeness (QED) is 0.885. The molecule has 1 amide bonds. The van der Waals surface area contributed by atoms with E-state index < -0.39 is 0 Å². The lowest BCUT2D eigenvalue weighted by atomic mass is 9.96. The standard InChI is InChI=1S/C16H18N2O/c1-13(14-5-3-2-4-6-14)7-8-16(19)18-15-9-11-17-12-10-15/h2-6,9-13H,7-8H2,1H3,(H,17,18,19)/t13-/m1/s1. The van der Waals surface area contributed by atoms with Crippen molar-refractivity contribution in [2.24, 2.45) is 0 Å². The molecule has 1 atom stereocenters. The first-order valence-electron chi connectivity index (χ1n) is 6.50. The molecule has 0 bridgehead atoms. The highest BCUT2D eigenvalue weighted by Crippen LogP contribution is 2.20. The summed E-state index contributed by atoms with van der Waals surface area (Å²) in [7, 11) is 0. The molecule has 0 aliphatic heterocycles. The van der Waals surface area contributed by atoms with Crippen molar-refractivity contribution in [1.82, 2.24) is 4.98 Å². The van der Waals surface area contributed by atoms with Crippen molar-refractivity contribution in [1.29, 1.82) is 0 Å². The van der Waals surface area contributed by atoms with Gasteiger partial charge in [0.2, 0.25) is 5.91 Å². The number of carbonyl (C=O) groups is 1. The van der Waals surface area contributed by atoms with Gasteiger partial charge in [-0.3, -0.25) is 9.78 Å². The molecule has 1 aromatic carbocycles. The number of nitrogens with zero attached hydrogens (tertiary/aromatic N) is 1. The molecule has 2 aromatic rings. The third-order valence-corrected chi connectivity index (χ3v) is 3.14. The van der Waals surface area contributed by atoms with Crippen LogP contribution in [0.1, 0.15) is 31.2 Å². The van der Waals surface area contributed by atoms with Crippen molar-refractivity contribution >= 4 is 11.6 Å². The molecule has 0 unspecified atom stereocenters. The van der Waals surface area contributed by atoms with E-state index in [9.17, 15) is 4.79 Å². The molecule has 0 aliphatic rings. The van der Waals surface area contributed by atoms with Crippen LogP contribution in [0.4, 0.5) is 5.69 Å². The van der Waals surface area contributed by atoms with Gasteiger partial charge < -0.3 is 5.32 Å². The number of anilines is 1. The summed E-state index contributed by atoms with van der Waals surface area (Å²) in [6, 6.07) is 13.9. The molecule has 1 N–H and O–H groups in total. The average Bonchev–Trinajstić information content (AvgIpc) is 2.47. The first kappa shape index (κ1) is 13.3. The van der Waals surface area contributed by atoms with E-state index in [2.05, 4.69) is 29.4 Å². The van der Waals surface area contributed by atoms with Gasteiger partial charge in [-0.05, 0) is 30.0 Å². The van der Waals surface area contributed by atoms with E-state index in [4.69, 9.17) is 0 Å². The highest BCUT2D eigenvalue weighted by Gasteiger charge is 2.08. The summed E-state index contributed by atoms with van der Waals surface area (Å²) < 4.78 is 0. The smallest absolute Gasteiger partial charge is 0.224 e. The van der Waals surface area contributed by atoms with Gasteiger partial charge in [0.05, 0.1) is 0 Å². The Hall–Kier alpha value is -2.16. The van der Waals surface area contributed by atoms with Crippen LogP contribution in [0.5, 0.6) is 0 Å². The Kier molecular flexibility index (Phi) is 4.67. The molecular formula is C16H18N2O. The van der Waals surface area contributed by atoms with E-state index in [1.165, 1.54) is 5.56 Å². The molecule has 19 heavy (non-hydrogen) atoms. The highest BCUT2D eigenvalue weighted by molar-refractivity contribution is 5.90. The number of rotatable bonds is 5. The lowest BCUT2D eigenvalue weighted by molar-refractivity contribution is -0.116. The highest BCUT2D eigenvalue weighted by atomic mass is 16.1. The normalized spacial score (nSPS) is 11.8. The predicted octanol–water partition coefficient (Wildman–Crippen LogP) is 3.60. The summed E-state index contributed by atoms with van der Waals surface area (Å²) in [6.07, 6.45) is 4.71. The van der Waals surface area contributed by atoms with Gasteiger partial charge in [0.15, 0.2) is 0 Å². The largest absolute Gasteiger partial charge is 0.326 e. The fourth-order valence-corrected chi connectivity index (χ4v) is 1.95. The third kappa shape index (κ3) is 4.21. The second-order valence-electron chi connectivity index (χ2n) is 4.63. The summed E-state index contributed by atoms with van der Waals surface area (Å²) in [5.41, 5.74) is 2.08. The van der Waals surface area contributed by atoms with Crippen molar-refractivity contribution < 1.29 is 4.79 Å². The molecule has 3 heteroatoms. The summed E-state index contributed by atoms with van der Waals surface area (Å²) in [4.78, 5) is 15.7. The maximum Gasteiger partial charge on any atom is 0.224 e. The van der Waals surface area contributed by atoms with Gasteiger partial charge >= 0.3 is 0 Å². The third-order valence-electron chi connectivity index (χ3n) is 3.14. The molecule has 0 radical (unpaired) electrons. The van der Waals surface area contributed by atoms with Crippen molar-refractivity contribution in [3.8, 4) is 0 Å². The Labute approximate surface area is 113 Å². The summed E-state index contributed by atoms with van der Waals surface area (Å²) in [5.74, 6) is 0.443. The maximum absolute atomic E-state index is 11.8. The summed E-state index contributed by atoms with van der Waals surface area (Å²) >= 11 is 0. The molecule has 2 rings (SSSR count). The minimum atomic E-state index is 0.0500. The van der Waals surface area contributed by atoms with Crippen molar-refractivity contribution in [2.75, 3.05) is 5.32 Å². The van der Waals surface area contributed by atoms with Crippen molar-refractivity contribution in [3.63, 3.8) is 0 Å². The van der Waals surface area contributed by atoms with E-state index in [-0.39, 0.29) is 5.91 Å². The van der Waals surface area contributed by atoms with Gasteiger partial charge in [0.1, 0.15) is 0 Å². The minimum absolute atomic E-state index is 0.0500. The molecule has 1 heterocycles. The van der Waals surface area contributed by atoms with Crippen LogP contribution >= 0.6 is 0 Å². The number of amides is 1. The maximum atomic E-state index is 11.8. The lowest BCUT2D eigenvalue weighted by Gasteiger charge is -2.11.